The first-order chi connectivity index (χ1) is 8.86. The van der Waals surface area contributed by atoms with Crippen molar-refractivity contribution in [1.82, 2.24) is 0 Å². The summed E-state index contributed by atoms with van der Waals surface area (Å²) < 4.78 is 28.4. The minimum Gasteiger partial charge on any atom is -0.459 e. The molecule has 1 aliphatic carbocycles. The maximum Gasteiger partial charge on any atom is 0.338 e. The number of sulfonamides is 1. The van der Waals surface area contributed by atoms with E-state index >= 15 is 0 Å². The van der Waals surface area contributed by atoms with Gasteiger partial charge in [-0.3, -0.25) is 0 Å². The molecule has 0 amide bonds. The van der Waals surface area contributed by atoms with Gasteiger partial charge in [-0.15, -0.1) is 0 Å². The molecule has 0 aromatic heterocycles. The summed E-state index contributed by atoms with van der Waals surface area (Å²) in [5.74, 6) is -0.516. The molecule has 1 fully saturated rings. The van der Waals surface area contributed by atoms with E-state index in [1.54, 1.807) is 0 Å². The predicted molar refractivity (Wildman–Crippen MR) is 73.2 cm³/mol. The van der Waals surface area contributed by atoms with Gasteiger partial charge >= 0.3 is 5.97 Å². The van der Waals surface area contributed by atoms with Gasteiger partial charge in [-0.25, -0.2) is 18.4 Å². The van der Waals surface area contributed by atoms with Crippen LogP contribution in [0.1, 0.15) is 36.0 Å². The Kier molecular flexibility index (Phi) is 4.27. The molecular formula is C12H14BrNO4S. The Bertz CT molecular complexity index is 594. The molecule has 0 radical (unpaired) electrons. The summed E-state index contributed by atoms with van der Waals surface area (Å²) in [7, 11) is -3.85. The second-order valence-electron chi connectivity index (χ2n) is 4.53. The lowest BCUT2D eigenvalue weighted by Crippen LogP contribution is -2.17. The molecular weight excluding hydrogens is 334 g/mol. The van der Waals surface area contributed by atoms with Gasteiger partial charge < -0.3 is 4.74 Å². The van der Waals surface area contributed by atoms with E-state index in [9.17, 15) is 13.2 Å². The number of ether oxygens (including phenoxy) is 1. The van der Waals surface area contributed by atoms with Crippen molar-refractivity contribution in [2.45, 2.75) is 36.7 Å². The molecule has 0 aliphatic heterocycles. The molecule has 0 atom stereocenters. The average Bonchev–Trinajstić information content (AvgIpc) is 2.79. The third kappa shape index (κ3) is 3.77. The molecule has 1 aliphatic rings. The molecule has 0 saturated heterocycles. The number of halogens is 1. The first kappa shape index (κ1) is 14.5. The van der Waals surface area contributed by atoms with Crippen molar-refractivity contribution >= 4 is 31.9 Å². The summed E-state index contributed by atoms with van der Waals surface area (Å²) in [6, 6.07) is 4.10. The van der Waals surface area contributed by atoms with Gasteiger partial charge in [0.25, 0.3) is 0 Å². The molecule has 0 bridgehead atoms. The van der Waals surface area contributed by atoms with Crippen LogP contribution in [-0.4, -0.2) is 20.5 Å². The van der Waals surface area contributed by atoms with Gasteiger partial charge in [0.2, 0.25) is 10.0 Å². The highest BCUT2D eigenvalue weighted by atomic mass is 79.9. The van der Waals surface area contributed by atoms with Gasteiger partial charge in [0.15, 0.2) is 0 Å². The summed E-state index contributed by atoms with van der Waals surface area (Å²) in [5, 5.41) is 5.06. The number of hydrogen-bond acceptors (Lipinski definition) is 4. The number of nitrogens with two attached hydrogens (primary N) is 1. The number of rotatable bonds is 3. The van der Waals surface area contributed by atoms with Crippen LogP contribution in [0.5, 0.6) is 0 Å². The Morgan fingerprint density at radius 1 is 1.26 bits per heavy atom. The highest BCUT2D eigenvalue weighted by Crippen LogP contribution is 2.24. The van der Waals surface area contributed by atoms with Crippen LogP contribution >= 0.6 is 15.9 Å². The minimum absolute atomic E-state index is 0.0654. The third-order valence-corrected chi connectivity index (χ3v) is 4.36. The summed E-state index contributed by atoms with van der Waals surface area (Å²) in [6.45, 7) is 0. The van der Waals surface area contributed by atoms with Crippen LogP contribution in [0.25, 0.3) is 0 Å². The third-order valence-electron chi connectivity index (χ3n) is 3.01. The molecule has 1 saturated carbocycles. The fourth-order valence-corrected chi connectivity index (χ4v) is 3.30. The number of esters is 1. The molecule has 1 aromatic rings. The lowest BCUT2D eigenvalue weighted by molar-refractivity contribution is 0.0317. The second kappa shape index (κ2) is 5.60. The van der Waals surface area contributed by atoms with Crippen molar-refractivity contribution in [1.29, 1.82) is 0 Å². The monoisotopic (exact) mass is 347 g/mol. The van der Waals surface area contributed by atoms with E-state index < -0.39 is 16.0 Å². The Morgan fingerprint density at radius 3 is 2.47 bits per heavy atom. The number of benzene rings is 1. The smallest absolute Gasteiger partial charge is 0.338 e. The molecule has 1 aromatic carbocycles. The normalized spacial score (nSPS) is 16.5. The lowest BCUT2D eigenvalue weighted by Gasteiger charge is -2.12. The topological polar surface area (TPSA) is 86.5 Å². The maximum absolute atomic E-state index is 12.0. The van der Waals surface area contributed by atoms with Gasteiger partial charge in [0, 0.05) is 4.47 Å². The predicted octanol–water partition coefficient (Wildman–Crippen LogP) is 2.20. The van der Waals surface area contributed by atoms with E-state index in [0.717, 1.165) is 25.7 Å². The Labute approximate surface area is 120 Å². The van der Waals surface area contributed by atoms with Gasteiger partial charge in [-0.05, 0) is 43.9 Å². The van der Waals surface area contributed by atoms with E-state index in [2.05, 4.69) is 15.9 Å². The van der Waals surface area contributed by atoms with Gasteiger partial charge in [0.1, 0.15) is 6.10 Å². The number of carbonyl (C=O) groups excluding carboxylic acids is 1. The highest BCUT2D eigenvalue weighted by molar-refractivity contribution is 9.10. The van der Waals surface area contributed by atoms with Gasteiger partial charge in [0.05, 0.1) is 10.5 Å². The van der Waals surface area contributed by atoms with Crippen molar-refractivity contribution in [3.8, 4) is 0 Å². The molecule has 104 valence electrons. The zero-order valence-electron chi connectivity index (χ0n) is 10.1. The van der Waals surface area contributed by atoms with Crippen molar-refractivity contribution < 1.29 is 17.9 Å². The van der Waals surface area contributed by atoms with E-state index in [0.29, 0.717) is 4.47 Å². The van der Waals surface area contributed by atoms with Crippen molar-refractivity contribution in [3.63, 3.8) is 0 Å². The molecule has 0 spiro atoms. The van der Waals surface area contributed by atoms with Crippen LogP contribution < -0.4 is 5.14 Å². The fraction of sp³-hybridized carbons (Fsp3) is 0.417. The van der Waals surface area contributed by atoms with Crippen LogP contribution in [0.4, 0.5) is 0 Å². The molecule has 5 nitrogen and oxygen atoms in total. The number of hydrogen-bond donors (Lipinski definition) is 1. The van der Waals surface area contributed by atoms with Crippen LogP contribution in [-0.2, 0) is 14.8 Å². The number of carbonyl (C=O) groups is 1. The molecule has 7 heteroatoms. The van der Waals surface area contributed by atoms with Crippen molar-refractivity contribution in [3.05, 3.63) is 28.2 Å². The Morgan fingerprint density at radius 2 is 1.89 bits per heavy atom. The van der Waals surface area contributed by atoms with Crippen LogP contribution in [0.2, 0.25) is 0 Å². The number of primary sulfonamides is 1. The lowest BCUT2D eigenvalue weighted by atomic mass is 10.2. The van der Waals surface area contributed by atoms with Crippen LogP contribution in [0.15, 0.2) is 27.6 Å². The molecule has 2 rings (SSSR count). The molecule has 19 heavy (non-hydrogen) atoms. The largest absolute Gasteiger partial charge is 0.459 e. The second-order valence-corrected chi connectivity index (χ2v) is 7.01. The quantitative estimate of drug-likeness (QED) is 0.849. The van der Waals surface area contributed by atoms with Crippen LogP contribution in [0, 0.1) is 0 Å². The average molecular weight is 348 g/mol. The van der Waals surface area contributed by atoms with E-state index in [-0.39, 0.29) is 16.6 Å². The van der Waals surface area contributed by atoms with E-state index in [1.165, 1.54) is 18.2 Å². The molecule has 0 unspecified atom stereocenters. The standard InChI is InChI=1S/C12H14BrNO4S/c13-9-5-8(6-11(7-9)19(14,16)17)12(15)18-10-3-1-2-4-10/h5-7,10H,1-4H2,(H2,14,16,17). The Hall–Kier alpha value is -0.920. The molecule has 2 N–H and O–H groups in total. The SMILES string of the molecule is NS(=O)(=O)c1cc(Br)cc(C(=O)OC2CCCC2)c1. The summed E-state index contributed by atoms with van der Waals surface area (Å²) in [6.07, 6.45) is 3.77. The zero-order valence-corrected chi connectivity index (χ0v) is 12.5. The first-order valence-electron chi connectivity index (χ1n) is 5.90. The van der Waals surface area contributed by atoms with Gasteiger partial charge in [-0.2, -0.15) is 0 Å². The van der Waals surface area contributed by atoms with Crippen molar-refractivity contribution in [2.24, 2.45) is 5.14 Å². The first-order valence-corrected chi connectivity index (χ1v) is 8.24. The summed E-state index contributed by atoms with van der Waals surface area (Å²) in [5.41, 5.74) is 0.185. The van der Waals surface area contributed by atoms with E-state index in [1.807, 2.05) is 0 Å². The molecule has 0 heterocycles. The Balaban J connectivity index is 2.24. The minimum atomic E-state index is -3.85. The van der Waals surface area contributed by atoms with Crippen LogP contribution in [0.3, 0.4) is 0 Å². The zero-order chi connectivity index (χ0) is 14.0. The maximum atomic E-state index is 12.0. The summed E-state index contributed by atoms with van der Waals surface area (Å²) in [4.78, 5) is 11.8. The fourth-order valence-electron chi connectivity index (χ4n) is 2.07. The van der Waals surface area contributed by atoms with Crippen molar-refractivity contribution in [2.75, 3.05) is 0 Å². The highest BCUT2D eigenvalue weighted by Gasteiger charge is 2.21. The van der Waals surface area contributed by atoms with E-state index in [4.69, 9.17) is 9.88 Å². The summed E-state index contributed by atoms with van der Waals surface area (Å²) >= 11 is 3.16. The van der Waals surface area contributed by atoms with Gasteiger partial charge in [-0.1, -0.05) is 15.9 Å².